The highest BCUT2D eigenvalue weighted by Gasteiger charge is 2.12. The summed E-state index contributed by atoms with van der Waals surface area (Å²) in [5.74, 6) is 0. The smallest absolute Gasteiger partial charge is 0.0571 e. The average molecular weight is 638 g/mol. The number of pyridine rings is 2. The van der Waals surface area contributed by atoms with Crippen LogP contribution in [0.25, 0.3) is 71.1 Å². The van der Waals surface area contributed by atoms with Crippen molar-refractivity contribution in [3.05, 3.63) is 164 Å². The van der Waals surface area contributed by atoms with E-state index in [0.717, 1.165) is 0 Å². The number of hydrogen-bond acceptors (Lipinski definition) is 2. The largest absolute Gasteiger partial charge is 0.344 e. The van der Waals surface area contributed by atoms with Crippen molar-refractivity contribution in [2.45, 2.75) is 14.4 Å². The van der Waals surface area contributed by atoms with E-state index in [4.69, 9.17) is 0 Å². The van der Waals surface area contributed by atoms with Gasteiger partial charge in [-0.1, -0.05) is 91.9 Å². The molecule has 0 aliphatic rings. The predicted molar refractivity (Wildman–Crippen MR) is 209 cm³/mol. The highest BCUT2D eigenvalue weighted by molar-refractivity contribution is 6.10. The molecule has 0 unspecified atom stereocenters. The normalized spacial score (nSPS) is 11.0. The molecule has 0 saturated carbocycles. The van der Waals surface area contributed by atoms with E-state index in [1.54, 1.807) is 0 Å². The van der Waals surface area contributed by atoms with Crippen LogP contribution in [-0.4, -0.2) is 23.7 Å². The Morgan fingerprint density at radius 1 is 0.408 bits per heavy atom. The summed E-state index contributed by atoms with van der Waals surface area (Å²) in [6.45, 7) is 2.13. The summed E-state index contributed by atoms with van der Waals surface area (Å²) in [7, 11) is 4.20. The van der Waals surface area contributed by atoms with Crippen LogP contribution in [0.3, 0.4) is 0 Å². The van der Waals surface area contributed by atoms with Crippen LogP contribution in [0.4, 0.5) is 0 Å². The molecule has 0 saturated heterocycles. The standard InChI is InChI=1S/C18H14N2.C13H11N.C12H10N2.CH4/c1-13-7-8-17-15(11-13)16-12-19-10-9-18(16)20(17)14-5-3-2-4-6-14;1-14-12-8-4-2-6-10(12)11-7-3-5-9-13(11)14;1-14-11-5-3-2-4-9(11)10-8-13-7-6-12(10)14;/h2-12H,1H3;2-9H,1H3;2-8H,1H3;1H4. The van der Waals surface area contributed by atoms with Crippen LogP contribution in [0.5, 0.6) is 0 Å². The van der Waals surface area contributed by atoms with Gasteiger partial charge in [0.05, 0.1) is 16.6 Å². The number of rotatable bonds is 1. The van der Waals surface area contributed by atoms with Gasteiger partial charge in [-0.15, -0.1) is 0 Å². The number of nitrogens with zero attached hydrogens (tertiary/aromatic N) is 5. The Morgan fingerprint density at radius 2 is 0.837 bits per heavy atom. The lowest BCUT2D eigenvalue weighted by molar-refractivity contribution is 1.01. The Balaban J connectivity index is 0.000000117. The van der Waals surface area contributed by atoms with Crippen LogP contribution in [0, 0.1) is 6.92 Å². The van der Waals surface area contributed by atoms with Gasteiger partial charge in [0.2, 0.25) is 0 Å². The zero-order valence-electron chi connectivity index (χ0n) is 27.2. The summed E-state index contributed by atoms with van der Waals surface area (Å²) in [6, 6.07) is 46.6. The first kappa shape index (κ1) is 31.4. The topological polar surface area (TPSA) is 40.6 Å². The molecule has 0 bridgehead atoms. The third-order valence-electron chi connectivity index (χ3n) is 9.27. The summed E-state index contributed by atoms with van der Waals surface area (Å²) < 4.78 is 6.74. The molecule has 49 heavy (non-hydrogen) atoms. The van der Waals surface area contributed by atoms with Gasteiger partial charge in [-0.3, -0.25) is 9.97 Å². The predicted octanol–water partition coefficient (Wildman–Crippen LogP) is 11.2. The Kier molecular flexibility index (Phi) is 8.41. The Bertz CT molecular complexity index is 2490. The van der Waals surface area contributed by atoms with Gasteiger partial charge in [-0.25, -0.2) is 0 Å². The quantitative estimate of drug-likeness (QED) is 0.180. The van der Waals surface area contributed by atoms with Crippen LogP contribution < -0.4 is 0 Å². The van der Waals surface area contributed by atoms with Crippen molar-refractivity contribution in [1.29, 1.82) is 0 Å². The second-order valence-electron chi connectivity index (χ2n) is 12.1. The molecule has 10 aromatic rings. The Labute approximate surface area is 286 Å². The molecular formula is C44H39N5. The lowest BCUT2D eigenvalue weighted by Crippen LogP contribution is -1.92. The first-order valence-electron chi connectivity index (χ1n) is 16.2. The van der Waals surface area contributed by atoms with Crippen molar-refractivity contribution < 1.29 is 0 Å². The summed E-state index contributed by atoms with van der Waals surface area (Å²) in [6.07, 6.45) is 7.57. The molecule has 0 fully saturated rings. The van der Waals surface area contributed by atoms with Gasteiger partial charge in [-0.05, 0) is 61.5 Å². The minimum Gasteiger partial charge on any atom is -0.344 e. The SMILES string of the molecule is C.Cc1ccc2c(c1)c1cnccc1n2-c1ccccc1.Cn1c2ccccc2c2ccccc21.Cn1c2ccccc2c2cnccc21. The van der Waals surface area contributed by atoms with Gasteiger partial charge in [-0.2, -0.15) is 0 Å². The number of benzene rings is 5. The molecule has 0 aliphatic heterocycles. The molecular weight excluding hydrogens is 599 g/mol. The molecule has 0 N–H and O–H groups in total. The second kappa shape index (κ2) is 13.1. The van der Waals surface area contributed by atoms with Crippen LogP contribution in [-0.2, 0) is 14.1 Å². The fourth-order valence-electron chi connectivity index (χ4n) is 6.96. The molecule has 240 valence electrons. The van der Waals surface area contributed by atoms with Crippen LogP contribution >= 0.6 is 0 Å². The fraction of sp³-hybridized carbons (Fsp3) is 0.0909. The third-order valence-corrected chi connectivity index (χ3v) is 9.27. The monoisotopic (exact) mass is 637 g/mol. The number of hydrogen-bond donors (Lipinski definition) is 0. The summed E-state index contributed by atoms with van der Waals surface area (Å²) in [4.78, 5) is 8.45. The Hall–Kier alpha value is -6.20. The van der Waals surface area contributed by atoms with Crippen molar-refractivity contribution >= 4 is 65.4 Å². The van der Waals surface area contributed by atoms with E-state index < -0.39 is 0 Å². The van der Waals surface area contributed by atoms with Crippen molar-refractivity contribution in [2.24, 2.45) is 14.1 Å². The van der Waals surface area contributed by atoms with Gasteiger partial charge in [0.25, 0.3) is 0 Å². The molecule has 0 aliphatic carbocycles. The minimum absolute atomic E-state index is 0. The number of fused-ring (bicyclic) bond motifs is 9. The van der Waals surface area contributed by atoms with Gasteiger partial charge >= 0.3 is 0 Å². The number of para-hydroxylation sites is 4. The summed E-state index contributed by atoms with van der Waals surface area (Å²) in [5.41, 5.74) is 9.98. The molecule has 5 aromatic heterocycles. The fourth-order valence-corrected chi connectivity index (χ4v) is 6.96. The van der Waals surface area contributed by atoms with E-state index >= 15 is 0 Å². The van der Waals surface area contributed by atoms with E-state index in [1.807, 2.05) is 30.9 Å². The molecule has 5 aromatic carbocycles. The molecule has 5 nitrogen and oxygen atoms in total. The van der Waals surface area contributed by atoms with E-state index in [1.165, 1.54) is 76.7 Å². The van der Waals surface area contributed by atoms with Gasteiger partial charge in [0, 0.05) is 93.4 Å². The van der Waals surface area contributed by atoms with Gasteiger partial charge in [0.1, 0.15) is 0 Å². The maximum absolute atomic E-state index is 4.29. The molecule has 0 spiro atoms. The average Bonchev–Trinajstić information content (AvgIpc) is 3.75. The lowest BCUT2D eigenvalue weighted by atomic mass is 10.1. The lowest BCUT2D eigenvalue weighted by Gasteiger charge is -2.07. The Morgan fingerprint density at radius 3 is 1.41 bits per heavy atom. The maximum Gasteiger partial charge on any atom is 0.0571 e. The van der Waals surface area contributed by atoms with Gasteiger partial charge < -0.3 is 13.7 Å². The van der Waals surface area contributed by atoms with Crippen LogP contribution in [0.1, 0.15) is 13.0 Å². The van der Waals surface area contributed by atoms with Crippen molar-refractivity contribution in [3.63, 3.8) is 0 Å². The van der Waals surface area contributed by atoms with E-state index in [0.29, 0.717) is 0 Å². The maximum atomic E-state index is 4.29. The van der Waals surface area contributed by atoms with Crippen LogP contribution in [0.15, 0.2) is 158 Å². The molecule has 5 heteroatoms. The van der Waals surface area contributed by atoms with Crippen molar-refractivity contribution in [2.75, 3.05) is 0 Å². The first-order valence-corrected chi connectivity index (χ1v) is 16.2. The molecule has 0 radical (unpaired) electrons. The van der Waals surface area contributed by atoms with E-state index in [-0.39, 0.29) is 7.43 Å². The highest BCUT2D eigenvalue weighted by Crippen LogP contribution is 2.32. The first-order chi connectivity index (χ1) is 23.6. The third kappa shape index (κ3) is 5.49. The number of aryl methyl sites for hydroxylation is 3. The van der Waals surface area contributed by atoms with Crippen LogP contribution in [0.2, 0.25) is 0 Å². The zero-order valence-corrected chi connectivity index (χ0v) is 27.2. The molecule has 0 amide bonds. The molecule has 10 rings (SSSR count). The second-order valence-corrected chi connectivity index (χ2v) is 12.1. The van der Waals surface area contributed by atoms with E-state index in [2.05, 4.69) is 172 Å². The highest BCUT2D eigenvalue weighted by atomic mass is 15.0. The van der Waals surface area contributed by atoms with E-state index in [9.17, 15) is 0 Å². The molecule has 0 atom stereocenters. The number of aromatic nitrogens is 5. The van der Waals surface area contributed by atoms with Gasteiger partial charge in [0.15, 0.2) is 0 Å². The van der Waals surface area contributed by atoms with Crippen molar-refractivity contribution in [1.82, 2.24) is 23.7 Å². The zero-order chi connectivity index (χ0) is 32.6. The minimum atomic E-state index is 0. The molecule has 5 heterocycles. The summed E-state index contributed by atoms with van der Waals surface area (Å²) in [5, 5.41) is 7.65. The van der Waals surface area contributed by atoms with Crippen molar-refractivity contribution in [3.8, 4) is 5.69 Å². The summed E-state index contributed by atoms with van der Waals surface area (Å²) >= 11 is 0.